The summed E-state index contributed by atoms with van der Waals surface area (Å²) in [6.45, 7) is 5.10. The fraction of sp³-hybridized carbons (Fsp3) is 0.571. The van der Waals surface area contributed by atoms with Crippen LogP contribution in [0.5, 0.6) is 0 Å². The van der Waals surface area contributed by atoms with E-state index >= 15 is 0 Å². The smallest absolute Gasteiger partial charge is 0.0949 e. The highest BCUT2D eigenvalue weighted by atomic mass is 16.5. The molecule has 1 aromatic carbocycles. The monoisotopic (exact) mass is 217 g/mol. The third kappa shape index (κ3) is 1.87. The van der Waals surface area contributed by atoms with E-state index in [9.17, 15) is 0 Å². The molecule has 2 heteroatoms. The van der Waals surface area contributed by atoms with Crippen LogP contribution in [0.4, 0.5) is 0 Å². The van der Waals surface area contributed by atoms with Gasteiger partial charge in [-0.3, -0.25) is 0 Å². The third-order valence-corrected chi connectivity index (χ3v) is 3.67. The SMILES string of the molecule is CC1Cc2ccc(C3CNCCO3)cc2C1. The highest BCUT2D eigenvalue weighted by Crippen LogP contribution is 2.29. The van der Waals surface area contributed by atoms with Crippen molar-refractivity contribution in [3.05, 3.63) is 34.9 Å². The van der Waals surface area contributed by atoms with Crippen molar-refractivity contribution >= 4 is 0 Å². The summed E-state index contributed by atoms with van der Waals surface area (Å²) < 4.78 is 5.79. The van der Waals surface area contributed by atoms with Crippen molar-refractivity contribution in [3.8, 4) is 0 Å². The molecule has 86 valence electrons. The fourth-order valence-corrected chi connectivity index (χ4v) is 2.84. The van der Waals surface area contributed by atoms with Crippen LogP contribution in [0.3, 0.4) is 0 Å². The minimum atomic E-state index is 0.259. The molecule has 0 radical (unpaired) electrons. The van der Waals surface area contributed by atoms with Crippen molar-refractivity contribution in [1.29, 1.82) is 0 Å². The molecule has 0 amide bonds. The van der Waals surface area contributed by atoms with E-state index in [0.29, 0.717) is 0 Å². The van der Waals surface area contributed by atoms with Crippen LogP contribution in [0, 0.1) is 5.92 Å². The Morgan fingerprint density at radius 3 is 2.94 bits per heavy atom. The number of morpholine rings is 1. The van der Waals surface area contributed by atoms with Crippen molar-refractivity contribution < 1.29 is 4.74 Å². The lowest BCUT2D eigenvalue weighted by atomic mass is 10.0. The van der Waals surface area contributed by atoms with Crippen molar-refractivity contribution in [2.75, 3.05) is 19.7 Å². The van der Waals surface area contributed by atoms with Crippen LogP contribution in [0.25, 0.3) is 0 Å². The van der Waals surface area contributed by atoms with Gasteiger partial charge in [0, 0.05) is 13.1 Å². The van der Waals surface area contributed by atoms with Crippen LogP contribution in [0.15, 0.2) is 18.2 Å². The van der Waals surface area contributed by atoms with Gasteiger partial charge in [0.15, 0.2) is 0 Å². The highest BCUT2D eigenvalue weighted by molar-refractivity contribution is 5.37. The lowest BCUT2D eigenvalue weighted by Gasteiger charge is -2.24. The van der Waals surface area contributed by atoms with Crippen LogP contribution in [0.2, 0.25) is 0 Å². The average Bonchev–Trinajstić information content (AvgIpc) is 2.69. The molecule has 1 aliphatic carbocycles. The number of benzene rings is 1. The molecular formula is C14H19NO. The molecule has 3 rings (SSSR count). The lowest BCUT2D eigenvalue weighted by molar-refractivity contribution is 0.0276. The lowest BCUT2D eigenvalue weighted by Crippen LogP contribution is -2.33. The van der Waals surface area contributed by atoms with Crippen molar-refractivity contribution in [2.45, 2.75) is 25.9 Å². The molecule has 0 aromatic heterocycles. The maximum Gasteiger partial charge on any atom is 0.0949 e. The van der Waals surface area contributed by atoms with E-state index < -0.39 is 0 Å². The topological polar surface area (TPSA) is 21.3 Å². The Hall–Kier alpha value is -0.860. The van der Waals surface area contributed by atoms with Crippen molar-refractivity contribution in [1.82, 2.24) is 5.32 Å². The first kappa shape index (κ1) is 10.3. The van der Waals surface area contributed by atoms with E-state index in [1.807, 2.05) is 0 Å². The van der Waals surface area contributed by atoms with Crippen LogP contribution in [-0.2, 0) is 17.6 Å². The number of rotatable bonds is 1. The number of fused-ring (bicyclic) bond motifs is 1. The molecule has 0 saturated carbocycles. The Bertz CT molecular complexity index is 382. The van der Waals surface area contributed by atoms with E-state index in [2.05, 4.69) is 30.4 Å². The van der Waals surface area contributed by atoms with E-state index in [1.165, 1.54) is 18.4 Å². The normalized spacial score (nSPS) is 29.1. The summed E-state index contributed by atoms with van der Waals surface area (Å²) in [6.07, 6.45) is 2.75. The van der Waals surface area contributed by atoms with Gasteiger partial charge in [-0.05, 0) is 35.4 Å². The molecule has 1 fully saturated rings. The number of ether oxygens (including phenoxy) is 1. The predicted molar refractivity (Wildman–Crippen MR) is 64.6 cm³/mol. The second-order valence-electron chi connectivity index (χ2n) is 5.11. The van der Waals surface area contributed by atoms with E-state index in [-0.39, 0.29) is 6.10 Å². The second kappa shape index (κ2) is 4.19. The Kier molecular flexibility index (Phi) is 2.70. The van der Waals surface area contributed by atoms with E-state index in [4.69, 9.17) is 4.74 Å². The van der Waals surface area contributed by atoms with Crippen LogP contribution < -0.4 is 5.32 Å². The summed E-state index contributed by atoms with van der Waals surface area (Å²) in [5.74, 6) is 0.815. The van der Waals surface area contributed by atoms with Gasteiger partial charge in [-0.15, -0.1) is 0 Å². The molecular weight excluding hydrogens is 198 g/mol. The molecule has 1 aromatic rings. The maximum atomic E-state index is 5.79. The predicted octanol–water partition coefficient (Wildman–Crippen LogP) is 2.08. The molecule has 1 saturated heterocycles. The molecule has 0 spiro atoms. The molecule has 1 heterocycles. The Balaban J connectivity index is 1.84. The molecule has 2 aliphatic rings. The van der Waals surface area contributed by atoms with Crippen LogP contribution in [0.1, 0.15) is 29.7 Å². The fourth-order valence-electron chi connectivity index (χ4n) is 2.84. The summed E-state index contributed by atoms with van der Waals surface area (Å²) in [6, 6.07) is 6.90. The quantitative estimate of drug-likeness (QED) is 0.777. The summed E-state index contributed by atoms with van der Waals surface area (Å²) in [5, 5.41) is 3.38. The van der Waals surface area contributed by atoms with Gasteiger partial charge in [0.2, 0.25) is 0 Å². The number of hydrogen-bond donors (Lipinski definition) is 1. The van der Waals surface area contributed by atoms with Crippen molar-refractivity contribution in [2.24, 2.45) is 5.92 Å². The van der Waals surface area contributed by atoms with Gasteiger partial charge in [0.1, 0.15) is 0 Å². The van der Waals surface area contributed by atoms with Crippen LogP contribution in [-0.4, -0.2) is 19.7 Å². The van der Waals surface area contributed by atoms with Gasteiger partial charge in [-0.25, -0.2) is 0 Å². The van der Waals surface area contributed by atoms with Gasteiger partial charge in [0.05, 0.1) is 12.7 Å². The van der Waals surface area contributed by atoms with Gasteiger partial charge >= 0.3 is 0 Å². The Labute approximate surface area is 97.0 Å². The van der Waals surface area contributed by atoms with E-state index in [0.717, 1.165) is 25.6 Å². The van der Waals surface area contributed by atoms with Crippen LogP contribution >= 0.6 is 0 Å². The standard InChI is InChI=1S/C14H19NO/c1-10-6-11-2-3-12(8-13(11)7-10)14-9-15-4-5-16-14/h2-3,8,10,14-15H,4-7,9H2,1H3. The average molecular weight is 217 g/mol. The summed E-state index contributed by atoms with van der Waals surface area (Å²) in [5.41, 5.74) is 4.43. The van der Waals surface area contributed by atoms with Gasteiger partial charge in [0.25, 0.3) is 0 Å². The maximum absolute atomic E-state index is 5.79. The van der Waals surface area contributed by atoms with E-state index in [1.54, 1.807) is 11.1 Å². The van der Waals surface area contributed by atoms with Crippen molar-refractivity contribution in [3.63, 3.8) is 0 Å². The zero-order chi connectivity index (χ0) is 11.0. The number of nitrogens with one attached hydrogen (secondary N) is 1. The minimum Gasteiger partial charge on any atom is -0.371 e. The Morgan fingerprint density at radius 2 is 2.12 bits per heavy atom. The van der Waals surface area contributed by atoms with Gasteiger partial charge in [-0.2, -0.15) is 0 Å². The van der Waals surface area contributed by atoms with Gasteiger partial charge < -0.3 is 10.1 Å². The molecule has 2 unspecified atom stereocenters. The summed E-state index contributed by atoms with van der Waals surface area (Å²) in [7, 11) is 0. The largest absolute Gasteiger partial charge is 0.371 e. The Morgan fingerprint density at radius 1 is 1.25 bits per heavy atom. The first-order valence-electron chi connectivity index (χ1n) is 6.27. The first-order chi connectivity index (χ1) is 7.83. The first-order valence-corrected chi connectivity index (χ1v) is 6.27. The molecule has 2 nitrogen and oxygen atoms in total. The zero-order valence-electron chi connectivity index (χ0n) is 9.83. The number of hydrogen-bond acceptors (Lipinski definition) is 2. The second-order valence-corrected chi connectivity index (χ2v) is 5.11. The zero-order valence-corrected chi connectivity index (χ0v) is 9.83. The minimum absolute atomic E-state index is 0.259. The highest BCUT2D eigenvalue weighted by Gasteiger charge is 2.21. The summed E-state index contributed by atoms with van der Waals surface area (Å²) in [4.78, 5) is 0. The molecule has 2 atom stereocenters. The molecule has 16 heavy (non-hydrogen) atoms. The molecule has 0 bridgehead atoms. The third-order valence-electron chi connectivity index (χ3n) is 3.67. The summed E-state index contributed by atoms with van der Waals surface area (Å²) >= 11 is 0. The van der Waals surface area contributed by atoms with Gasteiger partial charge in [-0.1, -0.05) is 25.1 Å². The molecule has 1 N–H and O–H groups in total. The molecule has 1 aliphatic heterocycles.